The number of nitrogens with zero attached hydrogens (tertiary/aromatic N) is 3. The molecule has 33 heavy (non-hydrogen) atoms. The van der Waals surface area contributed by atoms with Crippen molar-refractivity contribution in [1.82, 2.24) is 14.9 Å². The van der Waals surface area contributed by atoms with Crippen LogP contribution in [0.5, 0.6) is 0 Å². The molecule has 1 aliphatic rings. The number of carbonyl (C=O) groups is 1. The number of hydrogen-bond acceptors (Lipinski definition) is 5. The number of hydrogen-bond donors (Lipinski definition) is 1. The minimum Gasteiger partial charge on any atom is -0.444 e. The predicted octanol–water partition coefficient (Wildman–Crippen LogP) is 6.45. The van der Waals surface area contributed by atoms with Crippen molar-refractivity contribution in [2.45, 2.75) is 58.2 Å². The van der Waals surface area contributed by atoms with Crippen molar-refractivity contribution in [3.05, 3.63) is 46.0 Å². The van der Waals surface area contributed by atoms with Gasteiger partial charge in [-0.15, -0.1) is 0 Å². The van der Waals surface area contributed by atoms with E-state index in [0.29, 0.717) is 32.1 Å². The van der Waals surface area contributed by atoms with Crippen LogP contribution in [0.25, 0.3) is 0 Å². The molecule has 0 atom stereocenters. The van der Waals surface area contributed by atoms with Crippen LogP contribution in [0.15, 0.2) is 18.3 Å². The lowest BCUT2D eigenvalue weighted by Crippen LogP contribution is -2.41. The van der Waals surface area contributed by atoms with E-state index in [1.165, 1.54) is 6.07 Å². The number of carbonyl (C=O) groups excluding carboxylic acids is 1. The van der Waals surface area contributed by atoms with Crippen LogP contribution in [-0.2, 0) is 10.9 Å². The number of benzene rings is 1. The molecule has 1 aromatic carbocycles. The number of halogens is 5. The van der Waals surface area contributed by atoms with Crippen molar-refractivity contribution >= 4 is 29.3 Å². The Morgan fingerprint density at radius 2 is 1.85 bits per heavy atom. The van der Waals surface area contributed by atoms with Crippen LogP contribution in [0.4, 0.5) is 34.0 Å². The summed E-state index contributed by atoms with van der Waals surface area (Å²) in [5, 5.41) is 1.82. The Hall–Kier alpha value is -2.62. The lowest BCUT2D eigenvalue weighted by molar-refractivity contribution is -0.137. The molecule has 2 heterocycles. The van der Waals surface area contributed by atoms with Gasteiger partial charge in [0.1, 0.15) is 22.1 Å². The second-order valence-electron chi connectivity index (χ2n) is 8.95. The van der Waals surface area contributed by atoms with E-state index in [-0.39, 0.29) is 23.6 Å². The zero-order valence-corrected chi connectivity index (χ0v) is 19.4. The van der Waals surface area contributed by atoms with Gasteiger partial charge >= 0.3 is 12.3 Å². The van der Waals surface area contributed by atoms with Gasteiger partial charge in [-0.05, 0) is 69.7 Å². The van der Waals surface area contributed by atoms with E-state index in [1.807, 2.05) is 27.7 Å². The molecule has 2 aromatic rings. The maximum absolute atomic E-state index is 14.8. The monoisotopic (exact) mass is 488 g/mol. The molecule has 0 bridgehead atoms. The molecular formula is C22H25ClF4N4O2. The van der Waals surface area contributed by atoms with Gasteiger partial charge in [0, 0.05) is 19.3 Å². The highest BCUT2D eigenvalue weighted by Gasteiger charge is 2.35. The molecule has 1 N–H and O–H groups in total. The van der Waals surface area contributed by atoms with Gasteiger partial charge in [0.25, 0.3) is 0 Å². The van der Waals surface area contributed by atoms with Gasteiger partial charge < -0.3 is 15.0 Å². The van der Waals surface area contributed by atoms with Gasteiger partial charge in [0.2, 0.25) is 5.95 Å². The number of amides is 1. The summed E-state index contributed by atoms with van der Waals surface area (Å²) in [4.78, 5) is 21.1. The van der Waals surface area contributed by atoms with Gasteiger partial charge in [-0.1, -0.05) is 11.6 Å². The molecule has 180 valence electrons. The summed E-state index contributed by atoms with van der Waals surface area (Å²) in [7, 11) is 0. The summed E-state index contributed by atoms with van der Waals surface area (Å²) in [5.74, 6) is -0.779. The molecule has 0 radical (unpaired) electrons. The number of aromatic nitrogens is 2. The molecule has 11 heteroatoms. The topological polar surface area (TPSA) is 67.4 Å². The number of alkyl halides is 3. The molecule has 1 fully saturated rings. The fourth-order valence-electron chi connectivity index (χ4n) is 3.66. The normalized spacial score (nSPS) is 15.5. The summed E-state index contributed by atoms with van der Waals surface area (Å²) < 4.78 is 58.7. The van der Waals surface area contributed by atoms with E-state index < -0.39 is 28.3 Å². The van der Waals surface area contributed by atoms with Gasteiger partial charge in [0.05, 0.1) is 5.69 Å². The van der Waals surface area contributed by atoms with Crippen LogP contribution in [-0.4, -0.2) is 39.7 Å². The lowest BCUT2D eigenvalue weighted by Gasteiger charge is -2.34. The van der Waals surface area contributed by atoms with E-state index in [2.05, 4.69) is 15.3 Å². The summed E-state index contributed by atoms with van der Waals surface area (Å²) in [6.45, 7) is 8.24. The fraction of sp³-hybridized carbons (Fsp3) is 0.500. The number of rotatable bonds is 3. The Morgan fingerprint density at radius 3 is 2.39 bits per heavy atom. The Bertz CT molecular complexity index is 1030. The first-order valence-corrected chi connectivity index (χ1v) is 10.8. The first-order valence-electron chi connectivity index (χ1n) is 10.4. The van der Waals surface area contributed by atoms with E-state index >= 15 is 0 Å². The number of likely N-dealkylation sites (tertiary alicyclic amines) is 1. The standard InChI is InChI=1S/C22H25ClF4N4O2/c1-12-9-17(29-19-28-11-15(18(23)30-19)22(25,26)27)16(24)10-14(12)13-5-7-31(8-6-13)20(32)33-21(2,3)4/h9-11,13H,5-8H2,1-4H3,(H,28,29,30). The van der Waals surface area contributed by atoms with Crippen molar-refractivity contribution < 1.29 is 27.1 Å². The van der Waals surface area contributed by atoms with Crippen LogP contribution >= 0.6 is 11.6 Å². The molecule has 0 unspecified atom stereocenters. The van der Waals surface area contributed by atoms with Crippen LogP contribution < -0.4 is 5.32 Å². The third kappa shape index (κ3) is 6.25. The van der Waals surface area contributed by atoms with Gasteiger partial charge in [-0.3, -0.25) is 0 Å². The summed E-state index contributed by atoms with van der Waals surface area (Å²) in [5.41, 5.74) is -0.101. The molecule has 1 aromatic heterocycles. The average Bonchev–Trinajstić information content (AvgIpc) is 2.68. The highest BCUT2D eigenvalue weighted by atomic mass is 35.5. The maximum atomic E-state index is 14.8. The second kappa shape index (κ2) is 9.32. The first kappa shape index (κ1) is 25.0. The Balaban J connectivity index is 1.70. The third-order valence-electron chi connectivity index (χ3n) is 5.24. The van der Waals surface area contributed by atoms with E-state index in [4.69, 9.17) is 16.3 Å². The molecule has 0 spiro atoms. The van der Waals surface area contributed by atoms with Gasteiger partial charge in [0.15, 0.2) is 0 Å². The first-order chi connectivity index (χ1) is 15.2. The number of anilines is 2. The molecular weight excluding hydrogens is 464 g/mol. The minimum atomic E-state index is -4.68. The Kier molecular flexibility index (Phi) is 7.07. The molecule has 6 nitrogen and oxygen atoms in total. The van der Waals surface area contributed by atoms with Gasteiger partial charge in [-0.2, -0.15) is 13.2 Å². The summed E-state index contributed by atoms with van der Waals surface area (Å²) in [6, 6.07) is 2.96. The molecule has 0 saturated carbocycles. The van der Waals surface area contributed by atoms with Crippen LogP contribution in [0, 0.1) is 12.7 Å². The van der Waals surface area contributed by atoms with E-state index in [1.54, 1.807) is 11.0 Å². The second-order valence-corrected chi connectivity index (χ2v) is 9.31. The van der Waals surface area contributed by atoms with E-state index in [0.717, 1.165) is 11.1 Å². The number of piperidine rings is 1. The van der Waals surface area contributed by atoms with E-state index in [9.17, 15) is 22.4 Å². The number of nitrogens with one attached hydrogen (secondary N) is 1. The molecule has 0 aliphatic carbocycles. The van der Waals surface area contributed by atoms with Crippen molar-refractivity contribution in [2.24, 2.45) is 0 Å². The number of aryl methyl sites for hydroxylation is 1. The zero-order chi connectivity index (χ0) is 24.6. The third-order valence-corrected chi connectivity index (χ3v) is 5.52. The fourth-order valence-corrected chi connectivity index (χ4v) is 3.90. The Labute approximate surface area is 194 Å². The van der Waals surface area contributed by atoms with Crippen molar-refractivity contribution in [3.8, 4) is 0 Å². The predicted molar refractivity (Wildman–Crippen MR) is 116 cm³/mol. The van der Waals surface area contributed by atoms with Crippen LogP contribution in [0.1, 0.15) is 56.2 Å². The van der Waals surface area contributed by atoms with Crippen molar-refractivity contribution in [3.63, 3.8) is 0 Å². The lowest BCUT2D eigenvalue weighted by atomic mass is 9.86. The number of ether oxygens (including phenoxy) is 1. The summed E-state index contributed by atoms with van der Waals surface area (Å²) >= 11 is 5.61. The molecule has 1 aliphatic heterocycles. The quantitative estimate of drug-likeness (QED) is 0.397. The SMILES string of the molecule is Cc1cc(Nc2ncc(C(F)(F)F)c(Cl)n2)c(F)cc1C1CCN(C(=O)OC(C)(C)C)CC1. The summed E-state index contributed by atoms with van der Waals surface area (Å²) in [6.07, 6.45) is -3.18. The zero-order valence-electron chi connectivity index (χ0n) is 18.7. The van der Waals surface area contributed by atoms with Crippen molar-refractivity contribution in [1.29, 1.82) is 0 Å². The average molecular weight is 489 g/mol. The Morgan fingerprint density at radius 1 is 1.21 bits per heavy atom. The molecule has 1 saturated heterocycles. The maximum Gasteiger partial charge on any atom is 0.420 e. The van der Waals surface area contributed by atoms with Gasteiger partial charge in [-0.25, -0.2) is 19.2 Å². The largest absolute Gasteiger partial charge is 0.444 e. The molecule has 1 amide bonds. The van der Waals surface area contributed by atoms with Crippen molar-refractivity contribution in [2.75, 3.05) is 18.4 Å². The van der Waals surface area contributed by atoms with Crippen LogP contribution in [0.3, 0.4) is 0 Å². The highest BCUT2D eigenvalue weighted by Crippen LogP contribution is 2.35. The molecule has 3 rings (SSSR count). The smallest absolute Gasteiger partial charge is 0.420 e. The van der Waals surface area contributed by atoms with Crippen LogP contribution in [0.2, 0.25) is 5.15 Å². The minimum absolute atomic E-state index is 0.0262. The highest BCUT2D eigenvalue weighted by molar-refractivity contribution is 6.30.